The van der Waals surface area contributed by atoms with Crippen molar-refractivity contribution in [3.05, 3.63) is 0 Å². The second-order valence-corrected chi connectivity index (χ2v) is 7.05. The van der Waals surface area contributed by atoms with Crippen molar-refractivity contribution in [2.45, 2.75) is 71.6 Å². The third-order valence-electron chi connectivity index (χ3n) is 4.92. The Kier molecular flexibility index (Phi) is 5.84. The number of hydrogen-bond acceptors (Lipinski definition) is 3. The van der Waals surface area contributed by atoms with Gasteiger partial charge in [0.25, 0.3) is 0 Å². The second-order valence-electron chi connectivity index (χ2n) is 7.05. The molecule has 0 saturated carbocycles. The molecule has 0 amide bonds. The Morgan fingerprint density at radius 1 is 1.32 bits per heavy atom. The highest BCUT2D eigenvalue weighted by Crippen LogP contribution is 2.27. The zero-order chi connectivity index (χ0) is 14.7. The highest BCUT2D eigenvalue weighted by Gasteiger charge is 2.39. The van der Waals surface area contributed by atoms with Crippen LogP contribution in [0.5, 0.6) is 0 Å². The lowest BCUT2D eigenvalue weighted by Crippen LogP contribution is -2.66. The Labute approximate surface area is 120 Å². The molecule has 19 heavy (non-hydrogen) atoms. The zero-order valence-electron chi connectivity index (χ0n) is 14.0. The number of nitrogens with zero attached hydrogens (tertiary/aromatic N) is 1. The average Bonchev–Trinajstić information content (AvgIpc) is 2.37. The molecule has 1 aliphatic heterocycles. The van der Waals surface area contributed by atoms with Crippen molar-refractivity contribution in [1.82, 2.24) is 10.2 Å². The van der Waals surface area contributed by atoms with E-state index in [1.165, 1.54) is 12.8 Å². The van der Waals surface area contributed by atoms with E-state index in [0.717, 1.165) is 19.6 Å². The Morgan fingerprint density at radius 2 is 1.89 bits per heavy atom. The molecule has 0 aromatic heterocycles. The molecule has 0 radical (unpaired) electrons. The quantitative estimate of drug-likeness (QED) is 0.803. The molecule has 1 heterocycles. The molecular formula is C16H34N2O. The van der Waals surface area contributed by atoms with E-state index in [2.05, 4.69) is 51.8 Å². The van der Waals surface area contributed by atoms with Crippen molar-refractivity contribution < 1.29 is 4.74 Å². The molecule has 0 spiro atoms. The molecule has 0 aliphatic carbocycles. The summed E-state index contributed by atoms with van der Waals surface area (Å²) < 4.78 is 5.64. The first-order valence-electron chi connectivity index (χ1n) is 7.83. The van der Waals surface area contributed by atoms with Crippen LogP contribution in [0, 0.1) is 5.92 Å². The van der Waals surface area contributed by atoms with Crippen molar-refractivity contribution in [3.63, 3.8) is 0 Å². The van der Waals surface area contributed by atoms with Gasteiger partial charge in [-0.3, -0.25) is 4.90 Å². The molecule has 1 rings (SSSR count). The largest absolute Gasteiger partial charge is 0.377 e. The summed E-state index contributed by atoms with van der Waals surface area (Å²) in [6, 6.07) is 0.612. The van der Waals surface area contributed by atoms with Gasteiger partial charge in [0.15, 0.2) is 0 Å². The Hall–Kier alpha value is -0.120. The first kappa shape index (κ1) is 16.9. The topological polar surface area (TPSA) is 24.5 Å². The molecule has 114 valence electrons. The van der Waals surface area contributed by atoms with Crippen LogP contribution < -0.4 is 5.32 Å². The van der Waals surface area contributed by atoms with Gasteiger partial charge in [0.2, 0.25) is 0 Å². The number of rotatable bonds is 6. The standard InChI is InChI=1S/C16H34N2O/c1-8-16(9-2)12-18(11-15(5,6)19-7)14(10-17-16)13(3)4/h13-14,17H,8-12H2,1-7H3. The van der Waals surface area contributed by atoms with Crippen LogP contribution in [0.3, 0.4) is 0 Å². The second kappa shape index (κ2) is 6.55. The summed E-state index contributed by atoms with van der Waals surface area (Å²) >= 11 is 0. The fraction of sp³-hybridized carbons (Fsp3) is 1.00. The van der Waals surface area contributed by atoms with Crippen LogP contribution in [0.25, 0.3) is 0 Å². The predicted molar refractivity (Wildman–Crippen MR) is 82.6 cm³/mol. The molecule has 0 aromatic carbocycles. The van der Waals surface area contributed by atoms with E-state index < -0.39 is 0 Å². The van der Waals surface area contributed by atoms with Gasteiger partial charge in [-0.05, 0) is 32.6 Å². The van der Waals surface area contributed by atoms with Crippen LogP contribution in [0.4, 0.5) is 0 Å². The lowest BCUT2D eigenvalue weighted by molar-refractivity contribution is -0.0450. The fourth-order valence-corrected chi connectivity index (χ4v) is 3.12. The van der Waals surface area contributed by atoms with Crippen molar-refractivity contribution in [3.8, 4) is 0 Å². The molecular weight excluding hydrogens is 236 g/mol. The molecule has 3 heteroatoms. The maximum atomic E-state index is 5.64. The van der Waals surface area contributed by atoms with Crippen LogP contribution in [-0.4, -0.2) is 48.8 Å². The summed E-state index contributed by atoms with van der Waals surface area (Å²) in [5.74, 6) is 0.673. The van der Waals surface area contributed by atoms with Gasteiger partial charge in [-0.1, -0.05) is 27.7 Å². The summed E-state index contributed by atoms with van der Waals surface area (Å²) in [5, 5.41) is 3.81. The minimum Gasteiger partial charge on any atom is -0.377 e. The maximum absolute atomic E-state index is 5.64. The number of piperazine rings is 1. The average molecular weight is 270 g/mol. The lowest BCUT2D eigenvalue weighted by atomic mass is 9.85. The van der Waals surface area contributed by atoms with Crippen LogP contribution >= 0.6 is 0 Å². The van der Waals surface area contributed by atoms with Crippen LogP contribution in [0.15, 0.2) is 0 Å². The summed E-state index contributed by atoms with van der Waals surface area (Å²) in [5.41, 5.74) is 0.215. The third kappa shape index (κ3) is 4.17. The molecule has 1 atom stereocenters. The monoisotopic (exact) mass is 270 g/mol. The van der Waals surface area contributed by atoms with Gasteiger partial charge in [-0.15, -0.1) is 0 Å². The van der Waals surface area contributed by atoms with Crippen LogP contribution in [0.2, 0.25) is 0 Å². The van der Waals surface area contributed by atoms with E-state index in [-0.39, 0.29) is 11.1 Å². The van der Waals surface area contributed by atoms with Crippen molar-refractivity contribution >= 4 is 0 Å². The smallest absolute Gasteiger partial charge is 0.0749 e. The Bertz CT molecular complexity index is 272. The van der Waals surface area contributed by atoms with Crippen molar-refractivity contribution in [2.24, 2.45) is 5.92 Å². The highest BCUT2D eigenvalue weighted by molar-refractivity contribution is 4.98. The molecule has 0 bridgehead atoms. The molecule has 1 unspecified atom stereocenters. The SMILES string of the molecule is CCC1(CC)CN(CC(C)(C)OC)C(C(C)C)CN1. The van der Waals surface area contributed by atoms with Crippen molar-refractivity contribution in [1.29, 1.82) is 0 Å². The van der Waals surface area contributed by atoms with E-state index in [9.17, 15) is 0 Å². The van der Waals surface area contributed by atoms with E-state index in [0.29, 0.717) is 12.0 Å². The molecule has 1 fully saturated rings. The van der Waals surface area contributed by atoms with Gasteiger partial charge in [0.1, 0.15) is 0 Å². The van der Waals surface area contributed by atoms with Gasteiger partial charge in [0.05, 0.1) is 5.60 Å². The minimum absolute atomic E-state index is 0.0717. The maximum Gasteiger partial charge on any atom is 0.0749 e. The number of methoxy groups -OCH3 is 1. The first-order chi connectivity index (χ1) is 8.79. The van der Waals surface area contributed by atoms with Gasteiger partial charge in [-0.25, -0.2) is 0 Å². The van der Waals surface area contributed by atoms with Gasteiger partial charge < -0.3 is 10.1 Å². The third-order valence-corrected chi connectivity index (χ3v) is 4.92. The normalized spacial score (nSPS) is 24.9. The number of hydrogen-bond donors (Lipinski definition) is 1. The lowest BCUT2D eigenvalue weighted by Gasteiger charge is -2.50. The number of ether oxygens (including phenoxy) is 1. The molecule has 1 saturated heterocycles. The zero-order valence-corrected chi connectivity index (χ0v) is 14.0. The minimum atomic E-state index is -0.0717. The van der Waals surface area contributed by atoms with Crippen LogP contribution in [-0.2, 0) is 4.74 Å². The summed E-state index contributed by atoms with van der Waals surface area (Å²) in [7, 11) is 1.82. The number of nitrogens with one attached hydrogen (secondary N) is 1. The van der Waals surface area contributed by atoms with Crippen molar-refractivity contribution in [2.75, 3.05) is 26.7 Å². The van der Waals surface area contributed by atoms with E-state index >= 15 is 0 Å². The van der Waals surface area contributed by atoms with E-state index in [4.69, 9.17) is 4.74 Å². The molecule has 3 nitrogen and oxygen atoms in total. The van der Waals surface area contributed by atoms with E-state index in [1.54, 1.807) is 0 Å². The molecule has 1 N–H and O–H groups in total. The summed E-state index contributed by atoms with van der Waals surface area (Å²) in [4.78, 5) is 2.65. The Morgan fingerprint density at radius 3 is 2.32 bits per heavy atom. The van der Waals surface area contributed by atoms with E-state index in [1.807, 2.05) is 7.11 Å². The first-order valence-corrected chi connectivity index (χ1v) is 7.83. The summed E-state index contributed by atoms with van der Waals surface area (Å²) in [6.45, 7) is 16.9. The Balaban J connectivity index is 2.85. The van der Waals surface area contributed by atoms with Crippen LogP contribution in [0.1, 0.15) is 54.4 Å². The fourth-order valence-electron chi connectivity index (χ4n) is 3.12. The predicted octanol–water partition coefficient (Wildman–Crippen LogP) is 2.90. The van der Waals surface area contributed by atoms with Gasteiger partial charge >= 0.3 is 0 Å². The summed E-state index contributed by atoms with van der Waals surface area (Å²) in [6.07, 6.45) is 2.39. The molecule has 1 aliphatic rings. The molecule has 0 aromatic rings. The van der Waals surface area contributed by atoms with Gasteiger partial charge in [-0.2, -0.15) is 0 Å². The highest BCUT2D eigenvalue weighted by atomic mass is 16.5. The van der Waals surface area contributed by atoms with Gasteiger partial charge in [0, 0.05) is 38.3 Å².